The average molecular weight is 234 g/mol. The molecule has 5 N–H and O–H groups in total. The fraction of sp³-hybridized carbons (Fsp3) is 0.750. The van der Waals surface area contributed by atoms with E-state index in [1.54, 1.807) is 0 Å². The lowest BCUT2D eigenvalue weighted by molar-refractivity contribution is -0.127. The molecule has 0 unspecified atom stereocenters. The molecule has 0 aromatic carbocycles. The van der Waals surface area contributed by atoms with Crippen LogP contribution < -0.4 is 10.6 Å². The third-order valence-corrected chi connectivity index (χ3v) is 2.19. The third kappa shape index (κ3) is 2.89. The molecule has 0 radical (unpaired) electrons. The van der Waals surface area contributed by atoms with E-state index in [9.17, 15) is 19.8 Å². The van der Waals surface area contributed by atoms with Gasteiger partial charge in [-0.3, -0.25) is 9.59 Å². The van der Waals surface area contributed by atoms with Gasteiger partial charge in [-0.1, -0.05) is 0 Å². The number of amides is 2. The molecule has 1 aliphatic heterocycles. The topological polar surface area (TPSA) is 128 Å². The Labute approximate surface area is 91.2 Å². The van der Waals surface area contributed by atoms with Gasteiger partial charge in [0.1, 0.15) is 18.3 Å². The molecule has 0 spiro atoms. The van der Waals surface area contributed by atoms with Crippen molar-refractivity contribution >= 4 is 12.3 Å². The van der Waals surface area contributed by atoms with Crippen LogP contribution in [0, 0.1) is 0 Å². The summed E-state index contributed by atoms with van der Waals surface area (Å²) >= 11 is 0. The zero-order valence-electron chi connectivity index (χ0n) is 8.37. The van der Waals surface area contributed by atoms with E-state index < -0.39 is 37.1 Å². The van der Waals surface area contributed by atoms with Gasteiger partial charge in [-0.05, 0) is 0 Å². The summed E-state index contributed by atoms with van der Waals surface area (Å²) in [6.45, 7) is -0.715. The monoisotopic (exact) mass is 234 g/mol. The highest BCUT2D eigenvalue weighted by Gasteiger charge is 2.42. The van der Waals surface area contributed by atoms with Gasteiger partial charge >= 0.3 is 0 Å². The molecule has 0 aromatic heterocycles. The maximum atomic E-state index is 11.1. The predicted molar refractivity (Wildman–Crippen MR) is 50.0 cm³/mol. The summed E-state index contributed by atoms with van der Waals surface area (Å²) in [5.41, 5.74) is 0. The zero-order valence-corrected chi connectivity index (χ0v) is 8.37. The van der Waals surface area contributed by atoms with Crippen molar-refractivity contribution in [2.45, 2.75) is 24.5 Å². The van der Waals surface area contributed by atoms with Gasteiger partial charge in [-0.15, -0.1) is 0 Å². The van der Waals surface area contributed by atoms with Crippen molar-refractivity contribution in [2.75, 3.05) is 13.2 Å². The minimum atomic E-state index is -1.31. The summed E-state index contributed by atoms with van der Waals surface area (Å²) in [6.07, 6.45) is -4.23. The number of ether oxygens (including phenoxy) is 1. The Morgan fingerprint density at radius 1 is 1.38 bits per heavy atom. The first-order valence-electron chi connectivity index (χ1n) is 4.69. The Bertz CT molecular complexity index is 261. The summed E-state index contributed by atoms with van der Waals surface area (Å²) in [5.74, 6) is -0.568. The zero-order chi connectivity index (χ0) is 12.1. The SMILES string of the molecule is O=CNCC(=O)N[C@@H]1O[C@H](CO)[C@@H](O)[C@H]1O. The van der Waals surface area contributed by atoms with Crippen molar-refractivity contribution in [3.05, 3.63) is 0 Å². The second-order valence-electron chi connectivity index (χ2n) is 3.33. The molecule has 1 rings (SSSR count). The van der Waals surface area contributed by atoms with E-state index in [4.69, 9.17) is 9.84 Å². The Kier molecular flexibility index (Phi) is 4.62. The summed E-state index contributed by atoms with van der Waals surface area (Å²) in [6, 6.07) is 0. The van der Waals surface area contributed by atoms with Crippen molar-refractivity contribution in [2.24, 2.45) is 0 Å². The van der Waals surface area contributed by atoms with E-state index in [1.807, 2.05) is 0 Å². The number of rotatable bonds is 5. The van der Waals surface area contributed by atoms with Crippen molar-refractivity contribution in [1.82, 2.24) is 10.6 Å². The Balaban J connectivity index is 2.43. The van der Waals surface area contributed by atoms with Crippen LogP contribution in [0.3, 0.4) is 0 Å². The molecule has 0 bridgehead atoms. The molecule has 8 nitrogen and oxygen atoms in total. The van der Waals surface area contributed by atoms with Gasteiger partial charge < -0.3 is 30.7 Å². The van der Waals surface area contributed by atoms with Crippen molar-refractivity contribution in [1.29, 1.82) is 0 Å². The van der Waals surface area contributed by atoms with Crippen LogP contribution in [0.15, 0.2) is 0 Å². The minimum Gasteiger partial charge on any atom is -0.394 e. The van der Waals surface area contributed by atoms with Crippen LogP contribution in [-0.2, 0) is 14.3 Å². The van der Waals surface area contributed by atoms with Crippen molar-refractivity contribution in [3.8, 4) is 0 Å². The van der Waals surface area contributed by atoms with E-state index in [0.717, 1.165) is 0 Å². The standard InChI is InChI=1S/C8H14N2O6/c11-2-4-6(14)7(15)8(16-4)10-5(13)1-9-3-12/h3-4,6-8,11,14-15H,1-2H2,(H,9,12)(H,10,13)/t4-,6-,7-,8-/m1/s1. The first-order valence-corrected chi connectivity index (χ1v) is 4.69. The number of carbonyl (C=O) groups excluding carboxylic acids is 2. The summed E-state index contributed by atoms with van der Waals surface area (Å²) in [4.78, 5) is 21.1. The first kappa shape index (κ1) is 12.8. The molecule has 1 fully saturated rings. The summed E-state index contributed by atoms with van der Waals surface area (Å²) in [5, 5.41) is 32.0. The third-order valence-electron chi connectivity index (χ3n) is 2.19. The van der Waals surface area contributed by atoms with Crippen LogP contribution in [0.25, 0.3) is 0 Å². The Hall–Kier alpha value is -1.22. The van der Waals surface area contributed by atoms with Crippen LogP contribution in [0.1, 0.15) is 0 Å². The van der Waals surface area contributed by atoms with Crippen LogP contribution >= 0.6 is 0 Å². The largest absolute Gasteiger partial charge is 0.394 e. The van der Waals surface area contributed by atoms with Gasteiger partial charge in [0.25, 0.3) is 0 Å². The fourth-order valence-electron chi connectivity index (χ4n) is 1.36. The molecule has 2 amide bonds. The van der Waals surface area contributed by atoms with Gasteiger partial charge in [-0.25, -0.2) is 0 Å². The molecule has 0 aliphatic carbocycles. The summed E-state index contributed by atoms with van der Waals surface area (Å²) < 4.78 is 4.99. The maximum Gasteiger partial charge on any atom is 0.241 e. The number of aliphatic hydroxyl groups is 3. The van der Waals surface area contributed by atoms with E-state index in [1.165, 1.54) is 0 Å². The predicted octanol–water partition coefficient (Wildman–Crippen LogP) is -3.71. The number of aliphatic hydroxyl groups excluding tert-OH is 3. The molecule has 1 saturated heterocycles. The number of hydrogen-bond donors (Lipinski definition) is 5. The molecule has 0 saturated carbocycles. The quantitative estimate of drug-likeness (QED) is 0.311. The molecule has 8 heteroatoms. The maximum absolute atomic E-state index is 11.1. The Morgan fingerprint density at radius 2 is 2.06 bits per heavy atom. The number of nitrogens with one attached hydrogen (secondary N) is 2. The highest BCUT2D eigenvalue weighted by molar-refractivity contribution is 5.80. The molecule has 92 valence electrons. The molecule has 0 aromatic rings. The van der Waals surface area contributed by atoms with Gasteiger partial charge in [-0.2, -0.15) is 0 Å². The van der Waals surface area contributed by atoms with Crippen LogP contribution in [0.4, 0.5) is 0 Å². The first-order chi connectivity index (χ1) is 7.60. The van der Waals surface area contributed by atoms with Crippen LogP contribution in [-0.4, -0.2) is 65.3 Å². The average Bonchev–Trinajstić information content (AvgIpc) is 2.54. The fourth-order valence-corrected chi connectivity index (χ4v) is 1.36. The number of carbonyl (C=O) groups is 2. The molecule has 1 aliphatic rings. The van der Waals surface area contributed by atoms with Crippen molar-refractivity contribution < 1.29 is 29.6 Å². The second kappa shape index (κ2) is 5.75. The molecule has 4 atom stereocenters. The van der Waals surface area contributed by atoms with Crippen LogP contribution in [0.5, 0.6) is 0 Å². The van der Waals surface area contributed by atoms with Gasteiger partial charge in [0.15, 0.2) is 6.23 Å². The highest BCUT2D eigenvalue weighted by atomic mass is 16.6. The normalized spacial score (nSPS) is 33.4. The highest BCUT2D eigenvalue weighted by Crippen LogP contribution is 2.18. The molecule has 16 heavy (non-hydrogen) atoms. The van der Waals surface area contributed by atoms with Crippen molar-refractivity contribution in [3.63, 3.8) is 0 Å². The number of hydrogen-bond acceptors (Lipinski definition) is 6. The van der Waals surface area contributed by atoms with Gasteiger partial charge in [0.05, 0.1) is 13.2 Å². The van der Waals surface area contributed by atoms with E-state index >= 15 is 0 Å². The van der Waals surface area contributed by atoms with E-state index in [-0.39, 0.29) is 6.54 Å². The Morgan fingerprint density at radius 3 is 2.56 bits per heavy atom. The molecular weight excluding hydrogens is 220 g/mol. The molecular formula is C8H14N2O6. The lowest BCUT2D eigenvalue weighted by Crippen LogP contribution is -2.46. The lowest BCUT2D eigenvalue weighted by atomic mass is 10.1. The van der Waals surface area contributed by atoms with Crippen LogP contribution in [0.2, 0.25) is 0 Å². The minimum absolute atomic E-state index is 0.254. The smallest absolute Gasteiger partial charge is 0.241 e. The van der Waals surface area contributed by atoms with Gasteiger partial charge in [0, 0.05) is 0 Å². The second-order valence-corrected chi connectivity index (χ2v) is 3.33. The van der Waals surface area contributed by atoms with Gasteiger partial charge in [0.2, 0.25) is 12.3 Å². The molecule has 1 heterocycles. The van der Waals surface area contributed by atoms with E-state index in [2.05, 4.69) is 10.6 Å². The summed E-state index contributed by atoms with van der Waals surface area (Å²) in [7, 11) is 0. The lowest BCUT2D eigenvalue weighted by Gasteiger charge is -2.15. The van der Waals surface area contributed by atoms with E-state index in [0.29, 0.717) is 6.41 Å².